The van der Waals surface area contributed by atoms with Crippen molar-refractivity contribution < 1.29 is 5.11 Å². The summed E-state index contributed by atoms with van der Waals surface area (Å²) in [7, 11) is 0. The number of halogens is 2. The molecule has 0 saturated carbocycles. The number of hydrogen-bond donors (Lipinski definition) is 2. The Bertz CT molecular complexity index is 689. The highest BCUT2D eigenvalue weighted by atomic mass is 35.5. The summed E-state index contributed by atoms with van der Waals surface area (Å²) in [4.78, 5) is 0. The number of fused-ring (bicyclic) bond motifs is 1. The maximum absolute atomic E-state index is 10.3. The third-order valence-electron chi connectivity index (χ3n) is 4.32. The monoisotopic (exact) mass is 354 g/mol. The fraction of sp³-hybridized carbons (Fsp3) is 0.500. The van der Waals surface area contributed by atoms with Crippen LogP contribution in [0, 0.1) is 12.8 Å². The number of nitrogens with one attached hydrogen (secondary N) is 1. The molecule has 124 valence electrons. The molecule has 1 aliphatic heterocycles. The van der Waals surface area contributed by atoms with Gasteiger partial charge < -0.3 is 15.0 Å². The Labute approximate surface area is 145 Å². The van der Waals surface area contributed by atoms with Crippen LogP contribution >= 0.6 is 23.2 Å². The van der Waals surface area contributed by atoms with Crippen molar-refractivity contribution in [1.29, 1.82) is 0 Å². The fourth-order valence-corrected chi connectivity index (χ4v) is 3.54. The third kappa shape index (κ3) is 3.86. The van der Waals surface area contributed by atoms with Gasteiger partial charge in [-0.05, 0) is 37.9 Å². The minimum absolute atomic E-state index is 0.464. The van der Waals surface area contributed by atoms with Crippen LogP contribution < -0.4 is 5.32 Å². The van der Waals surface area contributed by atoms with Gasteiger partial charge in [-0.3, -0.25) is 0 Å². The number of aliphatic hydroxyl groups is 1. The SMILES string of the molecule is Cc1nnc2n1CC(CNCC(O)c1ccc(Cl)cc1Cl)CC2. The number of benzene rings is 1. The Balaban J connectivity index is 1.51. The van der Waals surface area contributed by atoms with Gasteiger partial charge in [0.15, 0.2) is 0 Å². The van der Waals surface area contributed by atoms with Crippen LogP contribution in [0.3, 0.4) is 0 Å². The van der Waals surface area contributed by atoms with Gasteiger partial charge in [0.2, 0.25) is 0 Å². The van der Waals surface area contributed by atoms with Gasteiger partial charge in [0, 0.05) is 35.1 Å². The first-order chi connectivity index (χ1) is 11.0. The van der Waals surface area contributed by atoms with Crippen molar-refractivity contribution in [1.82, 2.24) is 20.1 Å². The van der Waals surface area contributed by atoms with E-state index >= 15 is 0 Å². The van der Waals surface area contributed by atoms with Crippen LogP contribution in [-0.2, 0) is 13.0 Å². The van der Waals surface area contributed by atoms with Crippen molar-refractivity contribution in [3.8, 4) is 0 Å². The zero-order valence-electron chi connectivity index (χ0n) is 13.0. The number of nitrogens with zero attached hydrogens (tertiary/aromatic N) is 3. The van der Waals surface area contributed by atoms with Crippen LogP contribution in [0.1, 0.15) is 29.7 Å². The molecule has 5 nitrogen and oxygen atoms in total. The lowest BCUT2D eigenvalue weighted by Crippen LogP contribution is -2.32. The predicted octanol–water partition coefficient (Wildman–Crippen LogP) is 2.78. The summed E-state index contributed by atoms with van der Waals surface area (Å²) in [6.07, 6.45) is 1.40. The van der Waals surface area contributed by atoms with E-state index in [4.69, 9.17) is 23.2 Å². The minimum atomic E-state index is -0.643. The van der Waals surface area contributed by atoms with Crippen molar-refractivity contribution in [3.05, 3.63) is 45.5 Å². The number of rotatable bonds is 5. The summed E-state index contributed by atoms with van der Waals surface area (Å²) >= 11 is 12.0. The maximum atomic E-state index is 10.3. The van der Waals surface area contributed by atoms with E-state index in [2.05, 4.69) is 20.1 Å². The lowest BCUT2D eigenvalue weighted by molar-refractivity contribution is 0.171. The Hall–Kier alpha value is -1.14. The van der Waals surface area contributed by atoms with Crippen LogP contribution in [0.2, 0.25) is 10.0 Å². The Morgan fingerprint density at radius 2 is 2.22 bits per heavy atom. The zero-order chi connectivity index (χ0) is 16.4. The Kier molecular flexibility index (Phi) is 5.21. The molecule has 0 amide bonds. The number of hydrogen-bond acceptors (Lipinski definition) is 4. The summed E-state index contributed by atoms with van der Waals surface area (Å²) in [5.41, 5.74) is 0.698. The number of aliphatic hydroxyl groups excluding tert-OH is 1. The Morgan fingerprint density at radius 1 is 1.39 bits per heavy atom. The lowest BCUT2D eigenvalue weighted by atomic mass is 9.99. The van der Waals surface area contributed by atoms with Gasteiger partial charge in [-0.1, -0.05) is 29.3 Å². The fourth-order valence-electron chi connectivity index (χ4n) is 3.00. The summed E-state index contributed by atoms with van der Waals surface area (Å²) < 4.78 is 2.18. The highest BCUT2D eigenvalue weighted by Crippen LogP contribution is 2.26. The van der Waals surface area contributed by atoms with E-state index < -0.39 is 6.10 Å². The molecule has 0 saturated heterocycles. The second-order valence-electron chi connectivity index (χ2n) is 6.02. The van der Waals surface area contributed by atoms with Gasteiger partial charge in [-0.25, -0.2) is 0 Å². The molecule has 0 radical (unpaired) electrons. The van der Waals surface area contributed by atoms with Gasteiger partial charge in [-0.2, -0.15) is 0 Å². The first-order valence-electron chi connectivity index (χ1n) is 7.77. The predicted molar refractivity (Wildman–Crippen MR) is 90.9 cm³/mol. The van der Waals surface area contributed by atoms with Crippen molar-refractivity contribution in [2.24, 2.45) is 5.92 Å². The van der Waals surface area contributed by atoms with Crippen molar-refractivity contribution in [3.63, 3.8) is 0 Å². The zero-order valence-corrected chi connectivity index (χ0v) is 14.5. The van der Waals surface area contributed by atoms with E-state index in [0.29, 0.717) is 28.1 Å². The van der Waals surface area contributed by atoms with E-state index in [9.17, 15) is 5.11 Å². The van der Waals surface area contributed by atoms with Crippen LogP contribution in [0.4, 0.5) is 0 Å². The van der Waals surface area contributed by atoms with Crippen LogP contribution in [0.25, 0.3) is 0 Å². The molecular weight excluding hydrogens is 335 g/mol. The molecule has 1 aromatic heterocycles. The van der Waals surface area contributed by atoms with E-state index in [1.165, 1.54) is 0 Å². The van der Waals surface area contributed by atoms with Gasteiger partial charge in [-0.15, -0.1) is 10.2 Å². The molecule has 2 unspecified atom stereocenters. The standard InChI is InChI=1S/C16H20Cl2N4O/c1-10-20-21-16-5-2-11(9-22(10)16)7-19-8-15(23)13-4-3-12(17)6-14(13)18/h3-4,6,11,15,19,23H,2,5,7-9H2,1H3. The normalized spacial score (nSPS) is 18.7. The Morgan fingerprint density at radius 3 is 3.00 bits per heavy atom. The minimum Gasteiger partial charge on any atom is -0.387 e. The highest BCUT2D eigenvalue weighted by molar-refractivity contribution is 6.35. The van der Waals surface area contributed by atoms with Gasteiger partial charge >= 0.3 is 0 Å². The molecule has 0 spiro atoms. The summed E-state index contributed by atoms with van der Waals surface area (Å²) in [5.74, 6) is 2.56. The quantitative estimate of drug-likeness (QED) is 0.866. The first kappa shape index (κ1) is 16.7. The van der Waals surface area contributed by atoms with Gasteiger partial charge in [0.25, 0.3) is 0 Å². The van der Waals surface area contributed by atoms with Gasteiger partial charge in [0.1, 0.15) is 11.6 Å². The van der Waals surface area contributed by atoms with E-state index in [-0.39, 0.29) is 0 Å². The smallest absolute Gasteiger partial charge is 0.133 e. The average molecular weight is 355 g/mol. The van der Waals surface area contributed by atoms with Crippen molar-refractivity contribution >= 4 is 23.2 Å². The highest BCUT2D eigenvalue weighted by Gasteiger charge is 2.21. The average Bonchev–Trinajstić information content (AvgIpc) is 2.88. The molecule has 3 rings (SSSR count). The topological polar surface area (TPSA) is 63.0 Å². The maximum Gasteiger partial charge on any atom is 0.133 e. The molecular formula is C16H20Cl2N4O. The summed E-state index contributed by atoms with van der Waals surface area (Å²) in [6.45, 7) is 4.22. The molecule has 1 aromatic carbocycles. The van der Waals surface area contributed by atoms with Crippen LogP contribution in [-0.4, -0.2) is 33.0 Å². The van der Waals surface area contributed by atoms with Crippen molar-refractivity contribution in [2.45, 2.75) is 32.4 Å². The van der Waals surface area contributed by atoms with E-state index in [1.807, 2.05) is 6.92 Å². The molecule has 7 heteroatoms. The molecule has 1 aliphatic rings. The molecule has 2 heterocycles. The van der Waals surface area contributed by atoms with Crippen LogP contribution in [0.15, 0.2) is 18.2 Å². The molecule has 0 bridgehead atoms. The second-order valence-corrected chi connectivity index (χ2v) is 6.86. The van der Waals surface area contributed by atoms with E-state index in [0.717, 1.165) is 37.6 Å². The summed E-state index contributed by atoms with van der Waals surface area (Å²) in [5, 5.41) is 23.0. The van der Waals surface area contributed by atoms with Crippen molar-refractivity contribution in [2.75, 3.05) is 13.1 Å². The lowest BCUT2D eigenvalue weighted by Gasteiger charge is -2.25. The van der Waals surface area contributed by atoms with E-state index in [1.54, 1.807) is 18.2 Å². The molecule has 2 N–H and O–H groups in total. The molecule has 0 fully saturated rings. The third-order valence-corrected chi connectivity index (χ3v) is 4.88. The number of aromatic nitrogens is 3. The molecule has 23 heavy (non-hydrogen) atoms. The van der Waals surface area contributed by atoms with Gasteiger partial charge in [0.05, 0.1) is 6.10 Å². The molecule has 0 aliphatic carbocycles. The molecule has 2 aromatic rings. The number of aryl methyl sites for hydroxylation is 2. The second kappa shape index (κ2) is 7.18. The largest absolute Gasteiger partial charge is 0.387 e. The summed E-state index contributed by atoms with van der Waals surface area (Å²) in [6, 6.07) is 5.16. The van der Waals surface area contributed by atoms with Crippen LogP contribution in [0.5, 0.6) is 0 Å². The molecule has 2 atom stereocenters. The first-order valence-corrected chi connectivity index (χ1v) is 8.52.